The van der Waals surface area contributed by atoms with Gasteiger partial charge >= 0.3 is 0 Å². The fraction of sp³-hybridized carbons (Fsp3) is 0.364. The van der Waals surface area contributed by atoms with E-state index in [1.165, 1.54) is 11.1 Å². The van der Waals surface area contributed by atoms with E-state index in [0.717, 1.165) is 19.3 Å². The molecule has 2 aromatic rings. The molecule has 0 heterocycles. The van der Waals surface area contributed by atoms with Crippen LogP contribution in [0.25, 0.3) is 0 Å². The smallest absolute Gasteiger partial charge is 0.251 e. The summed E-state index contributed by atoms with van der Waals surface area (Å²) < 4.78 is 0. The Morgan fingerprint density at radius 1 is 0.962 bits per heavy atom. The van der Waals surface area contributed by atoms with Gasteiger partial charge in [-0.2, -0.15) is 0 Å². The van der Waals surface area contributed by atoms with Crippen molar-refractivity contribution in [3.63, 3.8) is 0 Å². The fourth-order valence-corrected chi connectivity index (χ4v) is 4.26. The molecule has 2 saturated carbocycles. The zero-order chi connectivity index (χ0) is 18.3. The van der Waals surface area contributed by atoms with Crippen molar-refractivity contribution in [3.05, 3.63) is 70.2 Å². The lowest BCUT2D eigenvalue weighted by atomic mass is 9.57. The van der Waals surface area contributed by atoms with Gasteiger partial charge in [-0.15, -0.1) is 0 Å². The lowest BCUT2D eigenvalue weighted by Gasteiger charge is -2.45. The van der Waals surface area contributed by atoms with Gasteiger partial charge in [0.05, 0.1) is 0 Å². The van der Waals surface area contributed by atoms with Crippen LogP contribution in [0.2, 0.25) is 5.02 Å². The zero-order valence-corrected chi connectivity index (χ0v) is 15.5. The third-order valence-electron chi connectivity index (χ3n) is 5.80. The number of halogens is 1. The summed E-state index contributed by atoms with van der Waals surface area (Å²) in [5.41, 5.74) is 3.03. The first-order chi connectivity index (χ1) is 12.6. The van der Waals surface area contributed by atoms with Gasteiger partial charge in [0.25, 0.3) is 5.91 Å². The topological polar surface area (TPSA) is 46.2 Å². The second kappa shape index (κ2) is 6.88. The van der Waals surface area contributed by atoms with Crippen molar-refractivity contribution >= 4 is 23.3 Å². The number of carbonyl (C=O) groups excluding carboxylic acids is 2. The lowest BCUT2D eigenvalue weighted by molar-refractivity contribution is -0.128. The number of ketones is 1. The number of amides is 1. The number of carbonyl (C=O) groups is 2. The van der Waals surface area contributed by atoms with Crippen LogP contribution in [0.4, 0.5) is 0 Å². The standard InChI is InChI=1S/C22H22ClNO2/c1-24-22(26)16-6-2-13(3-7-16)18-12-19(21(25)15-4-5-15)20(18)14-8-10-17(23)11-9-14/h2-3,6-11,15,18-20H,4-5,12H2,1H3,(H,24,26)/t18?,19-,20-/m0/s1. The number of nitrogens with one attached hydrogen (secondary N) is 1. The minimum absolute atomic E-state index is 0.0822. The maximum absolute atomic E-state index is 12.7. The van der Waals surface area contributed by atoms with Crippen molar-refractivity contribution in [1.82, 2.24) is 5.32 Å². The maximum atomic E-state index is 12.7. The summed E-state index contributed by atoms with van der Waals surface area (Å²) in [5, 5.41) is 3.36. The van der Waals surface area contributed by atoms with Crippen LogP contribution < -0.4 is 5.32 Å². The molecule has 0 aromatic heterocycles. The summed E-state index contributed by atoms with van der Waals surface area (Å²) in [7, 11) is 1.63. The minimum Gasteiger partial charge on any atom is -0.355 e. The van der Waals surface area contributed by atoms with Crippen molar-refractivity contribution in [2.45, 2.75) is 31.1 Å². The number of Topliss-reactive ketones (excluding diaryl/α,β-unsaturated/α-hetero) is 1. The highest BCUT2D eigenvalue weighted by Gasteiger charge is 2.49. The minimum atomic E-state index is -0.0822. The summed E-state index contributed by atoms with van der Waals surface area (Å²) in [4.78, 5) is 24.5. The highest BCUT2D eigenvalue weighted by atomic mass is 35.5. The van der Waals surface area contributed by atoms with E-state index in [4.69, 9.17) is 11.6 Å². The molecule has 1 N–H and O–H groups in total. The molecular weight excluding hydrogens is 346 g/mol. The van der Waals surface area contributed by atoms with Crippen LogP contribution in [0.5, 0.6) is 0 Å². The first kappa shape index (κ1) is 17.3. The molecule has 2 aromatic carbocycles. The summed E-state index contributed by atoms with van der Waals surface area (Å²) in [6.07, 6.45) is 2.99. The Balaban J connectivity index is 1.61. The Kier molecular flexibility index (Phi) is 4.58. The first-order valence-electron chi connectivity index (χ1n) is 9.19. The predicted molar refractivity (Wildman–Crippen MR) is 103 cm³/mol. The van der Waals surface area contributed by atoms with Gasteiger partial charge in [0.15, 0.2) is 0 Å². The van der Waals surface area contributed by atoms with Gasteiger partial charge in [-0.3, -0.25) is 9.59 Å². The molecule has 3 nitrogen and oxygen atoms in total. The third-order valence-corrected chi connectivity index (χ3v) is 6.05. The summed E-state index contributed by atoms with van der Waals surface area (Å²) in [5.74, 6) is 1.25. The Labute approximate surface area is 158 Å². The molecule has 4 rings (SSSR count). The second-order valence-corrected chi connectivity index (χ2v) is 7.84. The maximum Gasteiger partial charge on any atom is 0.251 e. The average Bonchev–Trinajstić information content (AvgIpc) is 3.48. The summed E-state index contributed by atoms with van der Waals surface area (Å²) in [6, 6.07) is 15.7. The molecule has 1 unspecified atom stereocenters. The van der Waals surface area contributed by atoms with Crippen LogP contribution in [0.3, 0.4) is 0 Å². The highest BCUT2D eigenvalue weighted by Crippen LogP contribution is 2.56. The van der Waals surface area contributed by atoms with Crippen LogP contribution in [-0.4, -0.2) is 18.7 Å². The van der Waals surface area contributed by atoms with E-state index in [1.807, 2.05) is 48.5 Å². The SMILES string of the molecule is CNC(=O)c1ccc(C2C[C@H](C(=O)C3CC3)[C@H]2c2ccc(Cl)cc2)cc1. The van der Waals surface area contributed by atoms with Gasteiger partial charge in [0.2, 0.25) is 0 Å². The number of hydrogen-bond acceptors (Lipinski definition) is 2. The van der Waals surface area contributed by atoms with Gasteiger partial charge in [0.1, 0.15) is 5.78 Å². The Morgan fingerprint density at radius 2 is 1.58 bits per heavy atom. The largest absolute Gasteiger partial charge is 0.355 e. The average molecular weight is 368 g/mol. The van der Waals surface area contributed by atoms with Gasteiger partial charge < -0.3 is 5.32 Å². The molecular formula is C22H22ClNO2. The van der Waals surface area contributed by atoms with E-state index in [1.54, 1.807) is 7.05 Å². The van der Waals surface area contributed by atoms with E-state index < -0.39 is 0 Å². The van der Waals surface area contributed by atoms with E-state index in [0.29, 0.717) is 22.3 Å². The third kappa shape index (κ3) is 3.16. The molecule has 0 radical (unpaired) electrons. The molecule has 4 heteroatoms. The van der Waals surface area contributed by atoms with Crippen molar-refractivity contribution < 1.29 is 9.59 Å². The van der Waals surface area contributed by atoms with E-state index in [-0.39, 0.29) is 23.7 Å². The molecule has 0 spiro atoms. The molecule has 0 saturated heterocycles. The molecule has 1 amide bonds. The van der Waals surface area contributed by atoms with E-state index >= 15 is 0 Å². The van der Waals surface area contributed by atoms with Crippen LogP contribution in [0, 0.1) is 11.8 Å². The molecule has 134 valence electrons. The van der Waals surface area contributed by atoms with E-state index in [9.17, 15) is 9.59 Å². The van der Waals surface area contributed by atoms with E-state index in [2.05, 4.69) is 5.32 Å². The quantitative estimate of drug-likeness (QED) is 0.841. The first-order valence-corrected chi connectivity index (χ1v) is 9.57. The number of benzene rings is 2. The Bertz CT molecular complexity index is 824. The fourth-order valence-electron chi connectivity index (χ4n) is 4.13. The van der Waals surface area contributed by atoms with Gasteiger partial charge in [-0.05, 0) is 60.6 Å². The molecule has 3 atom stereocenters. The van der Waals surface area contributed by atoms with Crippen LogP contribution in [0.1, 0.15) is 52.6 Å². The molecule has 0 bridgehead atoms. The van der Waals surface area contributed by atoms with Gasteiger partial charge in [0, 0.05) is 35.4 Å². The van der Waals surface area contributed by atoms with Crippen LogP contribution in [0.15, 0.2) is 48.5 Å². The van der Waals surface area contributed by atoms with Crippen molar-refractivity contribution in [3.8, 4) is 0 Å². The van der Waals surface area contributed by atoms with Crippen molar-refractivity contribution in [2.75, 3.05) is 7.05 Å². The second-order valence-electron chi connectivity index (χ2n) is 7.40. The van der Waals surface area contributed by atoms with Crippen LogP contribution in [-0.2, 0) is 4.79 Å². The summed E-state index contributed by atoms with van der Waals surface area (Å²) >= 11 is 6.05. The predicted octanol–water partition coefficient (Wildman–Crippen LogP) is 4.57. The normalized spacial score (nSPS) is 24.6. The van der Waals surface area contributed by atoms with Crippen molar-refractivity contribution in [2.24, 2.45) is 11.8 Å². The van der Waals surface area contributed by atoms with Gasteiger partial charge in [-0.1, -0.05) is 35.9 Å². The summed E-state index contributed by atoms with van der Waals surface area (Å²) in [6.45, 7) is 0. The molecule has 2 aliphatic carbocycles. The van der Waals surface area contributed by atoms with Crippen LogP contribution >= 0.6 is 11.6 Å². The number of hydrogen-bond donors (Lipinski definition) is 1. The lowest BCUT2D eigenvalue weighted by Crippen LogP contribution is -2.39. The van der Waals surface area contributed by atoms with Crippen molar-refractivity contribution in [1.29, 1.82) is 0 Å². The number of rotatable bonds is 5. The zero-order valence-electron chi connectivity index (χ0n) is 14.7. The highest BCUT2D eigenvalue weighted by molar-refractivity contribution is 6.30. The molecule has 26 heavy (non-hydrogen) atoms. The molecule has 2 aliphatic rings. The molecule has 2 fully saturated rings. The van der Waals surface area contributed by atoms with Gasteiger partial charge in [-0.25, -0.2) is 0 Å². The Morgan fingerprint density at radius 3 is 2.15 bits per heavy atom. The Hall–Kier alpha value is -2.13. The molecule has 0 aliphatic heterocycles. The monoisotopic (exact) mass is 367 g/mol.